The number of pyridine rings is 1. The molecule has 30 heavy (non-hydrogen) atoms. The second kappa shape index (κ2) is 7.71. The van der Waals surface area contributed by atoms with Crippen molar-refractivity contribution in [2.24, 2.45) is 0 Å². The molecule has 3 heterocycles. The number of amides is 1. The molecule has 1 fully saturated rings. The zero-order valence-electron chi connectivity index (χ0n) is 15.9. The van der Waals surface area contributed by atoms with E-state index in [0.717, 1.165) is 36.6 Å². The van der Waals surface area contributed by atoms with Crippen LogP contribution in [0.5, 0.6) is 0 Å². The van der Waals surface area contributed by atoms with Gasteiger partial charge in [-0.2, -0.15) is 13.2 Å². The van der Waals surface area contributed by atoms with Crippen LogP contribution in [0, 0.1) is 6.92 Å². The van der Waals surface area contributed by atoms with Crippen molar-refractivity contribution >= 4 is 40.8 Å². The maximum absolute atomic E-state index is 11.3. The number of nitrogens with zero attached hydrogens (tertiary/aromatic N) is 4. The number of nitrogens with one attached hydrogen (secondary N) is 1. The molecule has 0 aromatic carbocycles. The maximum atomic E-state index is 11.3. The number of carbonyl (C=O) groups is 2. The van der Waals surface area contributed by atoms with E-state index in [2.05, 4.69) is 25.2 Å². The summed E-state index contributed by atoms with van der Waals surface area (Å²) in [4.78, 5) is 35.2. The highest BCUT2D eigenvalue weighted by molar-refractivity contribution is 6.28. The minimum Gasteiger partial charge on any atom is -0.475 e. The first-order valence-electron chi connectivity index (χ1n) is 8.78. The van der Waals surface area contributed by atoms with E-state index in [9.17, 15) is 18.0 Å². The van der Waals surface area contributed by atoms with Gasteiger partial charge < -0.3 is 15.3 Å². The Morgan fingerprint density at radius 1 is 1.27 bits per heavy atom. The topological polar surface area (TPSA) is 108 Å². The highest BCUT2D eigenvalue weighted by atomic mass is 35.5. The molecule has 0 bridgehead atoms. The molecule has 0 radical (unpaired) electrons. The van der Waals surface area contributed by atoms with Crippen LogP contribution in [0.25, 0.3) is 0 Å². The van der Waals surface area contributed by atoms with Crippen LogP contribution in [-0.2, 0) is 15.0 Å². The molecule has 8 nitrogen and oxygen atoms in total. The molecule has 1 spiro atoms. The minimum atomic E-state index is -5.08. The Morgan fingerprint density at radius 2 is 1.90 bits per heavy atom. The molecule has 2 N–H and O–H groups in total. The van der Waals surface area contributed by atoms with E-state index in [1.807, 2.05) is 25.3 Å². The standard InChI is InChI=1S/C16H16ClN5O.C2HF3O2/c1-9-5-14(21-15(17)19-9)22-8-16(3-4-16)11-7-18-13(6-12(11)22)20-10(2)23;3-2(4,5)1(6)7/h5-7H,3-4,8H2,1-2H3,(H,18,20,23);(H,6,7). The molecule has 0 unspecified atom stereocenters. The number of anilines is 3. The van der Waals surface area contributed by atoms with Gasteiger partial charge in [0.1, 0.15) is 11.6 Å². The second-order valence-corrected chi connectivity index (χ2v) is 7.41. The van der Waals surface area contributed by atoms with Crippen molar-refractivity contribution in [1.82, 2.24) is 15.0 Å². The number of halogens is 4. The predicted octanol–water partition coefficient (Wildman–Crippen LogP) is 3.61. The van der Waals surface area contributed by atoms with Gasteiger partial charge in [0.05, 0.1) is 5.69 Å². The van der Waals surface area contributed by atoms with Crippen molar-refractivity contribution in [3.63, 3.8) is 0 Å². The van der Waals surface area contributed by atoms with Crippen molar-refractivity contribution in [3.05, 3.63) is 34.9 Å². The summed E-state index contributed by atoms with van der Waals surface area (Å²) in [5.74, 6) is -1.56. The Bertz CT molecular complexity index is 991. The summed E-state index contributed by atoms with van der Waals surface area (Å²) in [5.41, 5.74) is 3.26. The van der Waals surface area contributed by atoms with Crippen molar-refractivity contribution in [1.29, 1.82) is 0 Å². The van der Waals surface area contributed by atoms with Crippen LogP contribution in [0.15, 0.2) is 18.3 Å². The molecule has 160 valence electrons. The first kappa shape index (κ1) is 21.8. The molecule has 2 aromatic rings. The van der Waals surface area contributed by atoms with Gasteiger partial charge in [0, 0.05) is 48.5 Å². The molecule has 0 atom stereocenters. The summed E-state index contributed by atoms with van der Waals surface area (Å²) in [6.45, 7) is 4.24. The summed E-state index contributed by atoms with van der Waals surface area (Å²) >= 11 is 6.02. The zero-order chi connectivity index (χ0) is 22.3. The van der Waals surface area contributed by atoms with Gasteiger partial charge in [0.15, 0.2) is 0 Å². The molecule has 1 aliphatic heterocycles. The smallest absolute Gasteiger partial charge is 0.475 e. The molecule has 1 aliphatic carbocycles. The fourth-order valence-electron chi connectivity index (χ4n) is 3.24. The Hall–Kier alpha value is -2.95. The molecular weight excluding hydrogens is 427 g/mol. The fourth-order valence-corrected chi connectivity index (χ4v) is 3.46. The average Bonchev–Trinajstić information content (AvgIpc) is 3.31. The van der Waals surface area contributed by atoms with Crippen LogP contribution in [0.3, 0.4) is 0 Å². The van der Waals surface area contributed by atoms with Crippen LogP contribution in [-0.4, -0.2) is 44.7 Å². The third-order valence-corrected chi connectivity index (χ3v) is 4.86. The number of carboxylic acids is 1. The van der Waals surface area contributed by atoms with Crippen molar-refractivity contribution in [2.75, 3.05) is 16.8 Å². The average molecular weight is 444 g/mol. The normalized spacial score (nSPS) is 15.9. The van der Waals surface area contributed by atoms with Gasteiger partial charge >= 0.3 is 12.1 Å². The summed E-state index contributed by atoms with van der Waals surface area (Å²) in [7, 11) is 0. The van der Waals surface area contributed by atoms with Gasteiger partial charge in [-0.15, -0.1) is 0 Å². The lowest BCUT2D eigenvalue weighted by Gasteiger charge is -2.19. The van der Waals surface area contributed by atoms with Crippen molar-refractivity contribution < 1.29 is 27.9 Å². The number of rotatable bonds is 2. The van der Waals surface area contributed by atoms with E-state index in [1.54, 1.807) is 0 Å². The molecule has 4 rings (SSSR count). The molecule has 2 aliphatic rings. The lowest BCUT2D eigenvalue weighted by molar-refractivity contribution is -0.192. The molecule has 2 aromatic heterocycles. The second-order valence-electron chi connectivity index (χ2n) is 7.07. The maximum Gasteiger partial charge on any atom is 0.490 e. The van der Waals surface area contributed by atoms with E-state index in [1.165, 1.54) is 12.5 Å². The number of carbonyl (C=O) groups excluding carboxylic acids is 1. The summed E-state index contributed by atoms with van der Waals surface area (Å²) in [5, 5.41) is 10.1. The highest BCUT2D eigenvalue weighted by Gasteiger charge is 2.52. The van der Waals surface area contributed by atoms with Gasteiger partial charge in [0.2, 0.25) is 11.2 Å². The van der Waals surface area contributed by atoms with Gasteiger partial charge in [-0.05, 0) is 31.4 Å². The zero-order valence-corrected chi connectivity index (χ0v) is 16.7. The Balaban J connectivity index is 0.000000318. The quantitative estimate of drug-likeness (QED) is 0.682. The van der Waals surface area contributed by atoms with E-state index in [4.69, 9.17) is 21.5 Å². The number of hydrogen-bond acceptors (Lipinski definition) is 6. The van der Waals surface area contributed by atoms with Crippen LogP contribution < -0.4 is 10.2 Å². The fraction of sp³-hybridized carbons (Fsp3) is 0.389. The molecule has 12 heteroatoms. The number of aromatic nitrogens is 3. The largest absolute Gasteiger partial charge is 0.490 e. The summed E-state index contributed by atoms with van der Waals surface area (Å²) < 4.78 is 31.7. The SMILES string of the molecule is CC(=O)Nc1cc2c(cn1)C1(CC1)CN2c1cc(C)nc(Cl)n1.O=C(O)C(F)(F)F. The van der Waals surface area contributed by atoms with Crippen molar-refractivity contribution in [3.8, 4) is 0 Å². The molecule has 1 amide bonds. The molecule has 1 saturated carbocycles. The van der Waals surface area contributed by atoms with Gasteiger partial charge in [0.25, 0.3) is 0 Å². The van der Waals surface area contributed by atoms with Crippen LogP contribution >= 0.6 is 11.6 Å². The number of aryl methyl sites for hydroxylation is 1. The van der Waals surface area contributed by atoms with Crippen molar-refractivity contribution in [2.45, 2.75) is 38.3 Å². The third-order valence-electron chi connectivity index (χ3n) is 4.70. The number of aliphatic carboxylic acids is 1. The van der Waals surface area contributed by atoms with E-state index < -0.39 is 12.1 Å². The lowest BCUT2D eigenvalue weighted by Crippen LogP contribution is -2.21. The van der Waals surface area contributed by atoms with Gasteiger partial charge in [-0.25, -0.2) is 19.7 Å². The van der Waals surface area contributed by atoms with E-state index in [-0.39, 0.29) is 16.6 Å². The van der Waals surface area contributed by atoms with Crippen LogP contribution in [0.1, 0.15) is 31.0 Å². The monoisotopic (exact) mass is 443 g/mol. The molecular formula is C18H17ClF3N5O3. The number of hydrogen-bond donors (Lipinski definition) is 2. The lowest BCUT2D eigenvalue weighted by atomic mass is 10.0. The predicted molar refractivity (Wildman–Crippen MR) is 102 cm³/mol. The summed E-state index contributed by atoms with van der Waals surface area (Å²) in [6.07, 6.45) is -0.909. The van der Waals surface area contributed by atoms with Crippen LogP contribution in [0.4, 0.5) is 30.5 Å². The Labute approximate surface area is 174 Å². The Morgan fingerprint density at radius 3 is 2.40 bits per heavy atom. The first-order chi connectivity index (χ1) is 13.9. The molecule has 0 saturated heterocycles. The van der Waals surface area contributed by atoms with Gasteiger partial charge in [-0.1, -0.05) is 0 Å². The number of carboxylic acid groups (broad SMARTS) is 1. The summed E-state index contributed by atoms with van der Waals surface area (Å²) in [6, 6.07) is 3.84. The number of fused-ring (bicyclic) bond motifs is 2. The highest BCUT2D eigenvalue weighted by Crippen LogP contribution is 2.58. The van der Waals surface area contributed by atoms with Gasteiger partial charge in [-0.3, -0.25) is 4.79 Å². The third kappa shape index (κ3) is 4.61. The van der Waals surface area contributed by atoms with E-state index >= 15 is 0 Å². The van der Waals surface area contributed by atoms with Crippen LogP contribution in [0.2, 0.25) is 5.28 Å². The Kier molecular flexibility index (Phi) is 5.59. The first-order valence-corrected chi connectivity index (χ1v) is 9.16. The number of alkyl halides is 3. The van der Waals surface area contributed by atoms with E-state index in [0.29, 0.717) is 5.82 Å². The minimum absolute atomic E-state index is 0.135.